The van der Waals surface area contributed by atoms with Crippen LogP contribution in [0.3, 0.4) is 0 Å². The Morgan fingerprint density at radius 2 is 1.74 bits per heavy atom. The van der Waals surface area contributed by atoms with E-state index in [-0.39, 0.29) is 37.7 Å². The first-order valence-electron chi connectivity index (χ1n) is 16.7. The highest BCUT2D eigenvalue weighted by Gasteiger charge is 2.36. The Morgan fingerprint density at radius 3 is 2.49 bits per heavy atom. The van der Waals surface area contributed by atoms with Crippen molar-refractivity contribution in [1.82, 2.24) is 10.2 Å². The molecule has 1 saturated heterocycles. The Kier molecular flexibility index (Phi) is 13.7. The van der Waals surface area contributed by atoms with Crippen molar-refractivity contribution in [2.75, 3.05) is 36.9 Å². The molecule has 1 unspecified atom stereocenters. The van der Waals surface area contributed by atoms with Crippen LogP contribution in [0.15, 0.2) is 59.5 Å². The number of likely N-dealkylation sites (tertiary alicyclic amines) is 1. The third-order valence-corrected chi connectivity index (χ3v) is 9.26. The molecule has 256 valence electrons. The topological polar surface area (TPSA) is 114 Å². The summed E-state index contributed by atoms with van der Waals surface area (Å²) in [5.41, 5.74) is 0.913. The van der Waals surface area contributed by atoms with E-state index in [9.17, 15) is 19.2 Å². The van der Waals surface area contributed by atoms with Crippen molar-refractivity contribution in [2.45, 2.75) is 101 Å². The van der Waals surface area contributed by atoms with Crippen LogP contribution in [0, 0.1) is 0 Å². The van der Waals surface area contributed by atoms with E-state index in [4.69, 9.17) is 14.2 Å². The number of nitrogens with one attached hydrogen (secondary N) is 1. The number of ether oxygens (including phenoxy) is 3. The maximum Gasteiger partial charge on any atom is 0.326 e. The highest BCUT2D eigenvalue weighted by Crippen LogP contribution is 2.34. The summed E-state index contributed by atoms with van der Waals surface area (Å²) in [6.07, 6.45) is 4.70. The maximum absolute atomic E-state index is 13.9. The lowest BCUT2D eigenvalue weighted by atomic mass is 10.0. The summed E-state index contributed by atoms with van der Waals surface area (Å²) in [6.45, 7) is 8.90. The van der Waals surface area contributed by atoms with Gasteiger partial charge < -0.3 is 14.2 Å². The molecule has 2 aliphatic heterocycles. The van der Waals surface area contributed by atoms with Gasteiger partial charge in [-0.1, -0.05) is 55.3 Å². The molecule has 10 nitrogen and oxygen atoms in total. The number of hydrogen-bond donors (Lipinski definition) is 1. The normalized spacial score (nSPS) is 19.3. The molecular weight excluding hydrogens is 618 g/mol. The van der Waals surface area contributed by atoms with Crippen molar-refractivity contribution in [2.24, 2.45) is 0 Å². The fourth-order valence-electron chi connectivity index (χ4n) is 5.91. The first-order chi connectivity index (χ1) is 22.6. The Hall–Kier alpha value is -3.41. The Labute approximate surface area is 282 Å². The molecule has 2 aromatic rings. The quantitative estimate of drug-likeness (QED) is 0.165. The number of para-hydroxylation sites is 1. The summed E-state index contributed by atoms with van der Waals surface area (Å²) in [6, 6.07) is 15.4. The minimum Gasteiger partial charge on any atom is -0.465 e. The highest BCUT2D eigenvalue weighted by atomic mass is 32.2. The maximum atomic E-state index is 13.9. The summed E-state index contributed by atoms with van der Waals surface area (Å²) in [4.78, 5) is 57.4. The predicted molar refractivity (Wildman–Crippen MR) is 182 cm³/mol. The standard InChI is InChI=1S/C36H49N3O7S/c1-5-44-34(42)27(17-11-13-21-38-22-14-12-19-30(38)35(43)45-24-26-15-7-6-8-16-26)37-28-25-47-31-20-10-9-18-29(31)39(33(28)41)23-32(40)46-36(2,3)4/h6-10,15-16,18,20,27-28,30,37H,5,11-14,17,19,21-25H2,1-4H3/t27?,28-,30-/m0/s1. The summed E-state index contributed by atoms with van der Waals surface area (Å²) < 4.78 is 16.6. The number of unbranched alkanes of at least 4 members (excludes halogenated alkanes) is 1. The highest BCUT2D eigenvalue weighted by molar-refractivity contribution is 7.99. The molecule has 0 bridgehead atoms. The number of piperidine rings is 1. The molecule has 2 heterocycles. The molecule has 3 atom stereocenters. The van der Waals surface area contributed by atoms with Gasteiger partial charge in [0.2, 0.25) is 5.91 Å². The van der Waals surface area contributed by atoms with Gasteiger partial charge in [-0.15, -0.1) is 11.8 Å². The zero-order valence-electron chi connectivity index (χ0n) is 28.1. The Balaban J connectivity index is 1.37. The smallest absolute Gasteiger partial charge is 0.326 e. The first kappa shape index (κ1) is 36.4. The van der Waals surface area contributed by atoms with Gasteiger partial charge in [0.25, 0.3) is 0 Å². The van der Waals surface area contributed by atoms with E-state index in [1.165, 1.54) is 16.7 Å². The third-order valence-electron chi connectivity index (χ3n) is 8.10. The van der Waals surface area contributed by atoms with Crippen molar-refractivity contribution >= 4 is 41.3 Å². The van der Waals surface area contributed by atoms with Crippen LogP contribution in [0.2, 0.25) is 0 Å². The number of carbonyl (C=O) groups is 4. The molecule has 0 aliphatic carbocycles. The molecule has 0 spiro atoms. The van der Waals surface area contributed by atoms with Gasteiger partial charge in [0.1, 0.15) is 30.8 Å². The number of hydrogen-bond acceptors (Lipinski definition) is 10. The number of amides is 1. The fraction of sp³-hybridized carbons (Fsp3) is 0.556. The van der Waals surface area contributed by atoms with Gasteiger partial charge in [0.05, 0.1) is 18.3 Å². The number of fused-ring (bicyclic) bond motifs is 1. The van der Waals surface area contributed by atoms with Gasteiger partial charge >= 0.3 is 17.9 Å². The van der Waals surface area contributed by atoms with Crippen LogP contribution in [-0.2, 0) is 40.0 Å². The van der Waals surface area contributed by atoms with E-state index in [1.54, 1.807) is 27.7 Å². The van der Waals surface area contributed by atoms with Crippen LogP contribution < -0.4 is 10.2 Å². The second-order valence-corrected chi connectivity index (χ2v) is 14.0. The van der Waals surface area contributed by atoms with Crippen LogP contribution >= 0.6 is 11.8 Å². The third kappa shape index (κ3) is 11.1. The van der Waals surface area contributed by atoms with E-state index in [2.05, 4.69) is 10.2 Å². The van der Waals surface area contributed by atoms with Crippen molar-refractivity contribution in [3.63, 3.8) is 0 Å². The number of carbonyl (C=O) groups excluding carboxylic acids is 4. The zero-order chi connectivity index (χ0) is 33.8. The molecule has 0 saturated carbocycles. The van der Waals surface area contributed by atoms with Crippen LogP contribution in [-0.4, -0.2) is 84.4 Å². The first-order valence-corrected chi connectivity index (χ1v) is 17.7. The average Bonchev–Trinajstić information content (AvgIpc) is 3.17. The van der Waals surface area contributed by atoms with Crippen molar-refractivity contribution in [1.29, 1.82) is 0 Å². The van der Waals surface area contributed by atoms with E-state index >= 15 is 0 Å². The molecule has 0 aromatic heterocycles. The van der Waals surface area contributed by atoms with Crippen LogP contribution in [0.1, 0.15) is 71.8 Å². The summed E-state index contributed by atoms with van der Waals surface area (Å²) >= 11 is 1.51. The largest absolute Gasteiger partial charge is 0.465 e. The lowest BCUT2D eigenvalue weighted by molar-refractivity contribution is -0.154. The van der Waals surface area contributed by atoms with E-state index < -0.39 is 29.6 Å². The molecule has 47 heavy (non-hydrogen) atoms. The summed E-state index contributed by atoms with van der Waals surface area (Å²) in [7, 11) is 0. The molecule has 1 amide bonds. The number of esters is 3. The van der Waals surface area contributed by atoms with E-state index in [0.29, 0.717) is 30.8 Å². The second kappa shape index (κ2) is 17.7. The number of benzene rings is 2. The Bertz CT molecular complexity index is 1350. The van der Waals surface area contributed by atoms with Crippen molar-refractivity contribution < 1.29 is 33.4 Å². The number of nitrogens with zero attached hydrogens (tertiary/aromatic N) is 2. The number of rotatable bonds is 14. The second-order valence-electron chi connectivity index (χ2n) is 13.0. The molecule has 1 fully saturated rings. The lowest BCUT2D eigenvalue weighted by Gasteiger charge is -2.34. The minimum absolute atomic E-state index is 0.194. The van der Waals surface area contributed by atoms with Crippen LogP contribution in [0.5, 0.6) is 0 Å². The van der Waals surface area contributed by atoms with Crippen molar-refractivity contribution in [3.8, 4) is 0 Å². The van der Waals surface area contributed by atoms with Crippen LogP contribution in [0.25, 0.3) is 0 Å². The van der Waals surface area contributed by atoms with Gasteiger partial charge in [0, 0.05) is 10.6 Å². The van der Waals surface area contributed by atoms with E-state index in [1.807, 2.05) is 54.6 Å². The fourth-order valence-corrected chi connectivity index (χ4v) is 6.99. The van der Waals surface area contributed by atoms with Crippen LogP contribution in [0.4, 0.5) is 5.69 Å². The number of thioether (sulfide) groups is 1. The summed E-state index contributed by atoms with van der Waals surface area (Å²) in [5, 5.41) is 3.29. The Morgan fingerprint density at radius 1 is 1.00 bits per heavy atom. The SMILES string of the molecule is CCOC(=O)C(CCCCN1CCCC[C@H]1C(=O)OCc1ccccc1)N[C@H]1CSc2ccccc2N(CC(=O)OC(C)(C)C)C1=O. The molecule has 11 heteroatoms. The molecule has 4 rings (SSSR count). The molecule has 1 N–H and O–H groups in total. The zero-order valence-corrected chi connectivity index (χ0v) is 28.9. The summed E-state index contributed by atoms with van der Waals surface area (Å²) in [5.74, 6) is -1.02. The van der Waals surface area contributed by atoms with Gasteiger partial charge in [-0.25, -0.2) is 0 Å². The van der Waals surface area contributed by atoms with E-state index in [0.717, 1.165) is 42.7 Å². The molecular formula is C36H49N3O7S. The molecule has 2 aromatic carbocycles. The monoisotopic (exact) mass is 667 g/mol. The lowest BCUT2D eigenvalue weighted by Crippen LogP contribution is -2.54. The minimum atomic E-state index is -0.727. The van der Waals surface area contributed by atoms with Gasteiger partial charge in [-0.2, -0.15) is 0 Å². The predicted octanol–water partition coefficient (Wildman–Crippen LogP) is 5.13. The van der Waals surface area contributed by atoms with Gasteiger partial charge in [0.15, 0.2) is 0 Å². The molecule has 2 aliphatic rings. The van der Waals surface area contributed by atoms with Crippen molar-refractivity contribution in [3.05, 3.63) is 60.2 Å². The van der Waals surface area contributed by atoms with Gasteiger partial charge in [-0.3, -0.25) is 34.3 Å². The van der Waals surface area contributed by atoms with Gasteiger partial charge in [-0.05, 0) is 84.2 Å². The average molecular weight is 668 g/mol. The number of anilines is 1. The molecule has 0 radical (unpaired) electrons.